The van der Waals surface area contributed by atoms with Gasteiger partial charge < -0.3 is 5.73 Å². The number of nitrogens with two attached hydrogens (primary N) is 1. The lowest BCUT2D eigenvalue weighted by molar-refractivity contribution is -0.0428. The van der Waals surface area contributed by atoms with Gasteiger partial charge in [0.2, 0.25) is 0 Å². The van der Waals surface area contributed by atoms with E-state index in [1.807, 2.05) is 0 Å². The van der Waals surface area contributed by atoms with Crippen LogP contribution in [0.15, 0.2) is 0 Å². The van der Waals surface area contributed by atoms with Crippen molar-refractivity contribution in [1.82, 2.24) is 4.90 Å². The van der Waals surface area contributed by atoms with Crippen molar-refractivity contribution in [2.75, 3.05) is 19.6 Å². The van der Waals surface area contributed by atoms with Gasteiger partial charge in [-0.1, -0.05) is 20.8 Å². The Kier molecular flexibility index (Phi) is 2.85. The van der Waals surface area contributed by atoms with E-state index in [0.29, 0.717) is 11.0 Å². The Hall–Kier alpha value is -0.0800. The summed E-state index contributed by atoms with van der Waals surface area (Å²) in [5.41, 5.74) is 6.93. The van der Waals surface area contributed by atoms with Gasteiger partial charge in [0, 0.05) is 12.1 Å². The highest BCUT2D eigenvalue weighted by Gasteiger charge is 2.46. The summed E-state index contributed by atoms with van der Waals surface area (Å²) in [5, 5.41) is 0. The average molecular weight is 210 g/mol. The molecule has 0 aromatic carbocycles. The second kappa shape index (κ2) is 3.74. The predicted molar refractivity (Wildman–Crippen MR) is 64.8 cm³/mol. The second-order valence-electron chi connectivity index (χ2n) is 6.59. The number of rotatable bonds is 2. The van der Waals surface area contributed by atoms with Crippen molar-refractivity contribution in [1.29, 1.82) is 0 Å². The number of likely N-dealkylation sites (tertiary alicyclic amines) is 1. The van der Waals surface area contributed by atoms with Crippen LogP contribution in [0.25, 0.3) is 0 Å². The van der Waals surface area contributed by atoms with Crippen LogP contribution < -0.4 is 5.73 Å². The van der Waals surface area contributed by atoms with Gasteiger partial charge in [0.1, 0.15) is 0 Å². The zero-order chi connectivity index (χ0) is 11.1. The lowest BCUT2D eigenvalue weighted by Crippen LogP contribution is -2.63. The third-order valence-electron chi connectivity index (χ3n) is 4.62. The summed E-state index contributed by atoms with van der Waals surface area (Å²) in [6.07, 6.45) is 5.32. The lowest BCUT2D eigenvalue weighted by atomic mass is 9.66. The van der Waals surface area contributed by atoms with Gasteiger partial charge in [-0.15, -0.1) is 0 Å². The Morgan fingerprint density at radius 3 is 2.13 bits per heavy atom. The normalized spacial score (nSPS) is 41.2. The molecule has 1 heterocycles. The Morgan fingerprint density at radius 1 is 1.20 bits per heavy atom. The first-order chi connectivity index (χ1) is 6.97. The maximum absolute atomic E-state index is 5.99. The molecule has 2 N–H and O–H groups in total. The molecule has 1 saturated carbocycles. The molecule has 0 aromatic rings. The van der Waals surface area contributed by atoms with Crippen molar-refractivity contribution in [2.24, 2.45) is 17.1 Å². The lowest BCUT2D eigenvalue weighted by Gasteiger charge is -2.56. The van der Waals surface area contributed by atoms with Gasteiger partial charge in [-0.3, -0.25) is 4.90 Å². The molecule has 1 saturated heterocycles. The number of hydrogen-bond acceptors (Lipinski definition) is 2. The summed E-state index contributed by atoms with van der Waals surface area (Å²) in [6.45, 7) is 10.5. The summed E-state index contributed by atoms with van der Waals surface area (Å²) >= 11 is 0. The van der Waals surface area contributed by atoms with Gasteiger partial charge in [0.25, 0.3) is 0 Å². The van der Waals surface area contributed by atoms with Gasteiger partial charge in [-0.05, 0) is 50.1 Å². The standard InChI is InChI=1S/C13H26N2/c1-11-8-13(9-11,10-14)15-6-4-12(2,3)5-7-15/h11H,4-10,14H2,1-3H3. The van der Waals surface area contributed by atoms with Crippen molar-refractivity contribution in [3.63, 3.8) is 0 Å². The maximum Gasteiger partial charge on any atom is 0.0336 e. The molecule has 2 heteroatoms. The molecule has 2 aliphatic rings. The first kappa shape index (κ1) is 11.4. The van der Waals surface area contributed by atoms with Crippen molar-refractivity contribution < 1.29 is 0 Å². The minimum atomic E-state index is 0.385. The third kappa shape index (κ3) is 2.07. The van der Waals surface area contributed by atoms with Crippen molar-refractivity contribution in [3.05, 3.63) is 0 Å². The summed E-state index contributed by atoms with van der Waals surface area (Å²) in [5.74, 6) is 0.892. The maximum atomic E-state index is 5.99. The Bertz CT molecular complexity index is 219. The minimum Gasteiger partial charge on any atom is -0.329 e. The number of piperidine rings is 1. The molecule has 0 radical (unpaired) electrons. The SMILES string of the molecule is CC1CC(CN)(N2CCC(C)(C)CC2)C1. The van der Waals surface area contributed by atoms with Crippen LogP contribution in [-0.2, 0) is 0 Å². The molecule has 0 bridgehead atoms. The van der Waals surface area contributed by atoms with Crippen LogP contribution in [-0.4, -0.2) is 30.1 Å². The number of hydrogen-bond donors (Lipinski definition) is 1. The number of nitrogens with zero attached hydrogens (tertiary/aromatic N) is 1. The van der Waals surface area contributed by atoms with Crippen molar-refractivity contribution in [2.45, 2.75) is 52.0 Å². The van der Waals surface area contributed by atoms with Gasteiger partial charge in [-0.25, -0.2) is 0 Å². The topological polar surface area (TPSA) is 29.3 Å². The molecule has 0 aromatic heterocycles. The molecule has 0 spiro atoms. The van der Waals surface area contributed by atoms with Gasteiger partial charge >= 0.3 is 0 Å². The quantitative estimate of drug-likeness (QED) is 0.757. The van der Waals surface area contributed by atoms with Crippen LogP contribution in [0.5, 0.6) is 0 Å². The molecular weight excluding hydrogens is 184 g/mol. The Labute approximate surface area is 94.2 Å². The van der Waals surface area contributed by atoms with E-state index in [1.165, 1.54) is 38.8 Å². The fraction of sp³-hybridized carbons (Fsp3) is 1.00. The molecule has 2 rings (SSSR count). The third-order valence-corrected chi connectivity index (χ3v) is 4.62. The van der Waals surface area contributed by atoms with Crippen LogP contribution in [0.1, 0.15) is 46.5 Å². The van der Waals surface area contributed by atoms with E-state index in [1.54, 1.807) is 0 Å². The molecule has 2 fully saturated rings. The first-order valence-electron chi connectivity index (χ1n) is 6.43. The zero-order valence-electron chi connectivity index (χ0n) is 10.6. The van der Waals surface area contributed by atoms with Gasteiger partial charge in [0.15, 0.2) is 0 Å². The molecule has 0 atom stereocenters. The summed E-state index contributed by atoms with van der Waals surface area (Å²) in [4.78, 5) is 2.68. The van der Waals surface area contributed by atoms with E-state index in [2.05, 4.69) is 25.7 Å². The van der Waals surface area contributed by atoms with E-state index in [4.69, 9.17) is 5.73 Å². The second-order valence-corrected chi connectivity index (χ2v) is 6.59. The van der Waals surface area contributed by atoms with Gasteiger partial charge in [-0.2, -0.15) is 0 Å². The molecule has 2 nitrogen and oxygen atoms in total. The fourth-order valence-corrected chi connectivity index (χ4v) is 3.38. The monoisotopic (exact) mass is 210 g/mol. The molecule has 15 heavy (non-hydrogen) atoms. The highest BCUT2D eigenvalue weighted by atomic mass is 15.2. The molecule has 1 aliphatic carbocycles. The molecule has 0 unspecified atom stereocenters. The summed E-state index contributed by atoms with van der Waals surface area (Å²) in [6, 6.07) is 0. The van der Waals surface area contributed by atoms with E-state index in [-0.39, 0.29) is 0 Å². The minimum absolute atomic E-state index is 0.385. The molecule has 0 amide bonds. The first-order valence-corrected chi connectivity index (χ1v) is 6.43. The molecular formula is C13H26N2. The molecule has 88 valence electrons. The smallest absolute Gasteiger partial charge is 0.0336 e. The highest BCUT2D eigenvalue weighted by molar-refractivity contribution is 5.03. The zero-order valence-corrected chi connectivity index (χ0v) is 10.6. The Balaban J connectivity index is 1.95. The van der Waals surface area contributed by atoms with E-state index < -0.39 is 0 Å². The van der Waals surface area contributed by atoms with Crippen LogP contribution in [0.2, 0.25) is 0 Å². The summed E-state index contributed by atoms with van der Waals surface area (Å²) in [7, 11) is 0. The predicted octanol–water partition coefficient (Wildman–Crippen LogP) is 2.24. The highest BCUT2D eigenvalue weighted by Crippen LogP contribution is 2.44. The van der Waals surface area contributed by atoms with Crippen molar-refractivity contribution >= 4 is 0 Å². The van der Waals surface area contributed by atoms with Crippen LogP contribution in [0, 0.1) is 11.3 Å². The van der Waals surface area contributed by atoms with Gasteiger partial charge in [0.05, 0.1) is 0 Å². The van der Waals surface area contributed by atoms with Crippen LogP contribution >= 0.6 is 0 Å². The van der Waals surface area contributed by atoms with Crippen LogP contribution in [0.4, 0.5) is 0 Å². The van der Waals surface area contributed by atoms with E-state index >= 15 is 0 Å². The van der Waals surface area contributed by atoms with E-state index in [0.717, 1.165) is 12.5 Å². The average Bonchev–Trinajstić information content (AvgIpc) is 2.13. The van der Waals surface area contributed by atoms with Crippen LogP contribution in [0.3, 0.4) is 0 Å². The molecule has 1 aliphatic heterocycles. The van der Waals surface area contributed by atoms with Crippen molar-refractivity contribution in [3.8, 4) is 0 Å². The van der Waals surface area contributed by atoms with E-state index in [9.17, 15) is 0 Å². The summed E-state index contributed by atoms with van der Waals surface area (Å²) < 4.78 is 0. The largest absolute Gasteiger partial charge is 0.329 e. The Morgan fingerprint density at radius 2 is 1.73 bits per heavy atom. The fourth-order valence-electron chi connectivity index (χ4n) is 3.38.